The minimum Gasteiger partial charge on any atom is -0.393 e. The highest BCUT2D eigenvalue weighted by molar-refractivity contribution is 5.37. The zero-order chi connectivity index (χ0) is 11.1. The number of benzene rings is 1. The SMILES string of the molecule is Cc1c(F)cccc1C1(CN)CC(O)C1. The predicted octanol–water partition coefficient (Wildman–Crippen LogP) is 1.49. The lowest BCUT2D eigenvalue weighted by Crippen LogP contribution is -2.50. The van der Waals surface area contributed by atoms with E-state index in [1.165, 1.54) is 6.07 Å². The summed E-state index contributed by atoms with van der Waals surface area (Å²) in [6.07, 6.45) is 1.01. The number of aliphatic hydroxyl groups is 1. The Hall–Kier alpha value is -0.930. The summed E-state index contributed by atoms with van der Waals surface area (Å²) in [5.41, 5.74) is 7.16. The van der Waals surface area contributed by atoms with E-state index in [9.17, 15) is 9.50 Å². The lowest BCUT2D eigenvalue weighted by atomic mass is 9.62. The van der Waals surface area contributed by atoms with Gasteiger partial charge in [-0.15, -0.1) is 0 Å². The number of nitrogens with two attached hydrogens (primary N) is 1. The molecule has 0 saturated heterocycles. The fourth-order valence-electron chi connectivity index (χ4n) is 2.52. The summed E-state index contributed by atoms with van der Waals surface area (Å²) in [7, 11) is 0. The first-order valence-corrected chi connectivity index (χ1v) is 5.23. The van der Waals surface area contributed by atoms with E-state index in [-0.39, 0.29) is 17.3 Å². The van der Waals surface area contributed by atoms with Crippen LogP contribution in [0.3, 0.4) is 0 Å². The van der Waals surface area contributed by atoms with E-state index in [4.69, 9.17) is 5.73 Å². The largest absolute Gasteiger partial charge is 0.393 e. The molecule has 0 atom stereocenters. The van der Waals surface area contributed by atoms with Gasteiger partial charge in [-0.3, -0.25) is 0 Å². The van der Waals surface area contributed by atoms with Crippen LogP contribution < -0.4 is 5.73 Å². The van der Waals surface area contributed by atoms with Crippen molar-refractivity contribution in [3.8, 4) is 0 Å². The number of hydrogen-bond donors (Lipinski definition) is 2. The fraction of sp³-hybridized carbons (Fsp3) is 0.500. The molecule has 3 heteroatoms. The third-order valence-corrected chi connectivity index (χ3v) is 3.48. The molecule has 0 aliphatic heterocycles. The topological polar surface area (TPSA) is 46.2 Å². The summed E-state index contributed by atoms with van der Waals surface area (Å²) in [5.74, 6) is -0.193. The van der Waals surface area contributed by atoms with Crippen molar-refractivity contribution in [1.82, 2.24) is 0 Å². The second-order valence-corrected chi connectivity index (χ2v) is 4.46. The molecule has 0 unspecified atom stereocenters. The molecule has 1 aliphatic rings. The van der Waals surface area contributed by atoms with Gasteiger partial charge in [0.2, 0.25) is 0 Å². The van der Waals surface area contributed by atoms with Crippen LogP contribution in [0.5, 0.6) is 0 Å². The molecule has 15 heavy (non-hydrogen) atoms. The summed E-state index contributed by atoms with van der Waals surface area (Å²) in [4.78, 5) is 0. The molecule has 0 aromatic heterocycles. The molecule has 0 amide bonds. The molecule has 1 fully saturated rings. The van der Waals surface area contributed by atoms with Gasteiger partial charge in [0.1, 0.15) is 5.82 Å². The molecule has 1 aromatic rings. The van der Waals surface area contributed by atoms with Crippen molar-refractivity contribution >= 4 is 0 Å². The van der Waals surface area contributed by atoms with Gasteiger partial charge in [-0.2, -0.15) is 0 Å². The van der Waals surface area contributed by atoms with Gasteiger partial charge in [0.15, 0.2) is 0 Å². The van der Waals surface area contributed by atoms with Crippen molar-refractivity contribution in [2.45, 2.75) is 31.3 Å². The van der Waals surface area contributed by atoms with Gasteiger partial charge >= 0.3 is 0 Å². The van der Waals surface area contributed by atoms with E-state index in [2.05, 4.69) is 0 Å². The molecule has 0 bridgehead atoms. The summed E-state index contributed by atoms with van der Waals surface area (Å²) < 4.78 is 13.4. The zero-order valence-electron chi connectivity index (χ0n) is 8.83. The first-order chi connectivity index (χ1) is 7.09. The van der Waals surface area contributed by atoms with Crippen molar-refractivity contribution in [1.29, 1.82) is 0 Å². The van der Waals surface area contributed by atoms with E-state index >= 15 is 0 Å². The molecule has 1 aliphatic carbocycles. The first-order valence-electron chi connectivity index (χ1n) is 5.23. The van der Waals surface area contributed by atoms with Gasteiger partial charge < -0.3 is 10.8 Å². The highest BCUT2D eigenvalue weighted by Crippen LogP contribution is 2.44. The normalized spacial score (nSPS) is 30.0. The van der Waals surface area contributed by atoms with Crippen molar-refractivity contribution in [2.75, 3.05) is 6.54 Å². The molecule has 1 aromatic carbocycles. The van der Waals surface area contributed by atoms with E-state index < -0.39 is 0 Å². The highest BCUT2D eigenvalue weighted by atomic mass is 19.1. The lowest BCUT2D eigenvalue weighted by molar-refractivity contribution is 0.0217. The summed E-state index contributed by atoms with van der Waals surface area (Å²) in [6, 6.07) is 5.08. The standard InChI is InChI=1S/C12H16FNO/c1-8-10(3-2-4-11(8)13)12(7-14)5-9(15)6-12/h2-4,9,15H,5-7,14H2,1H3. The monoisotopic (exact) mass is 209 g/mol. The summed E-state index contributed by atoms with van der Waals surface area (Å²) >= 11 is 0. The third-order valence-electron chi connectivity index (χ3n) is 3.48. The molecular formula is C12H16FNO. The Kier molecular flexibility index (Phi) is 2.52. The van der Waals surface area contributed by atoms with E-state index in [1.54, 1.807) is 13.0 Å². The Morgan fingerprint density at radius 3 is 2.73 bits per heavy atom. The fourth-order valence-corrected chi connectivity index (χ4v) is 2.52. The molecule has 0 spiro atoms. The minimum absolute atomic E-state index is 0.193. The van der Waals surface area contributed by atoms with Crippen molar-refractivity contribution in [2.24, 2.45) is 5.73 Å². The Bertz CT molecular complexity index is 372. The van der Waals surface area contributed by atoms with Crippen molar-refractivity contribution in [3.05, 3.63) is 35.1 Å². The van der Waals surface area contributed by atoms with Gasteiger partial charge in [0.25, 0.3) is 0 Å². The maximum Gasteiger partial charge on any atom is 0.126 e. The molecular weight excluding hydrogens is 193 g/mol. The summed E-state index contributed by atoms with van der Waals surface area (Å²) in [6.45, 7) is 2.24. The van der Waals surface area contributed by atoms with Crippen molar-refractivity contribution in [3.63, 3.8) is 0 Å². The molecule has 0 radical (unpaired) electrons. The van der Waals surface area contributed by atoms with Gasteiger partial charge in [-0.1, -0.05) is 12.1 Å². The Balaban J connectivity index is 2.40. The van der Waals surface area contributed by atoms with E-state index in [0.29, 0.717) is 24.9 Å². The highest BCUT2D eigenvalue weighted by Gasteiger charge is 2.44. The number of halogens is 1. The van der Waals surface area contributed by atoms with Crippen LogP contribution in [0.1, 0.15) is 24.0 Å². The number of hydrogen-bond acceptors (Lipinski definition) is 2. The Morgan fingerprint density at radius 1 is 1.53 bits per heavy atom. The van der Waals surface area contributed by atoms with Gasteiger partial charge in [0, 0.05) is 12.0 Å². The lowest BCUT2D eigenvalue weighted by Gasteiger charge is -2.46. The average molecular weight is 209 g/mol. The Labute approximate surface area is 88.9 Å². The van der Waals surface area contributed by atoms with Gasteiger partial charge in [0.05, 0.1) is 6.10 Å². The van der Waals surface area contributed by atoms with E-state index in [0.717, 1.165) is 5.56 Å². The quantitative estimate of drug-likeness (QED) is 0.775. The molecule has 82 valence electrons. The van der Waals surface area contributed by atoms with Crippen LogP contribution in [0.15, 0.2) is 18.2 Å². The second-order valence-electron chi connectivity index (χ2n) is 4.46. The maximum atomic E-state index is 13.4. The van der Waals surface area contributed by atoms with Crippen LogP contribution in [-0.4, -0.2) is 17.8 Å². The van der Waals surface area contributed by atoms with Gasteiger partial charge in [-0.25, -0.2) is 4.39 Å². The third kappa shape index (κ3) is 1.56. The zero-order valence-corrected chi connectivity index (χ0v) is 8.83. The van der Waals surface area contributed by atoms with Crippen LogP contribution in [0.25, 0.3) is 0 Å². The molecule has 3 N–H and O–H groups in total. The predicted molar refractivity (Wildman–Crippen MR) is 57.1 cm³/mol. The number of rotatable bonds is 2. The number of aliphatic hydroxyl groups excluding tert-OH is 1. The Morgan fingerprint density at radius 2 is 2.20 bits per heavy atom. The molecule has 2 nitrogen and oxygen atoms in total. The van der Waals surface area contributed by atoms with E-state index in [1.807, 2.05) is 6.07 Å². The molecule has 2 rings (SSSR count). The summed E-state index contributed by atoms with van der Waals surface area (Å²) in [5, 5.41) is 9.39. The van der Waals surface area contributed by atoms with Crippen molar-refractivity contribution < 1.29 is 9.50 Å². The molecule has 1 saturated carbocycles. The first kappa shape index (κ1) is 10.6. The molecule has 0 heterocycles. The maximum absolute atomic E-state index is 13.4. The van der Waals surface area contributed by atoms with Crippen LogP contribution in [-0.2, 0) is 5.41 Å². The van der Waals surface area contributed by atoms with Crippen LogP contribution in [0.2, 0.25) is 0 Å². The van der Waals surface area contributed by atoms with Gasteiger partial charge in [-0.05, 0) is 37.0 Å². The second kappa shape index (κ2) is 3.58. The average Bonchev–Trinajstić information content (AvgIpc) is 2.17. The van der Waals surface area contributed by atoms with Crippen LogP contribution in [0.4, 0.5) is 4.39 Å². The van der Waals surface area contributed by atoms with Crippen LogP contribution in [0, 0.1) is 12.7 Å². The minimum atomic E-state index is -0.281. The van der Waals surface area contributed by atoms with Crippen LogP contribution >= 0.6 is 0 Å². The smallest absolute Gasteiger partial charge is 0.126 e.